The maximum absolute atomic E-state index is 12.1. The van der Waals surface area contributed by atoms with Gasteiger partial charge in [0.25, 0.3) is 0 Å². The van der Waals surface area contributed by atoms with E-state index in [0.717, 1.165) is 17.0 Å². The van der Waals surface area contributed by atoms with Gasteiger partial charge in [-0.2, -0.15) is 0 Å². The van der Waals surface area contributed by atoms with Crippen LogP contribution in [-0.4, -0.2) is 24.9 Å². The molecule has 2 aromatic carbocycles. The molecule has 1 aliphatic rings. The quantitative estimate of drug-likeness (QED) is 0.721. The van der Waals surface area contributed by atoms with Crippen LogP contribution < -0.4 is 24.8 Å². The Balaban J connectivity index is 1.44. The van der Waals surface area contributed by atoms with E-state index in [4.69, 9.17) is 14.2 Å². The van der Waals surface area contributed by atoms with Crippen molar-refractivity contribution in [3.8, 4) is 28.5 Å². The molecule has 0 unspecified atom stereocenters. The van der Waals surface area contributed by atoms with Crippen molar-refractivity contribution in [1.82, 2.24) is 4.98 Å². The zero-order valence-corrected chi connectivity index (χ0v) is 14.6. The van der Waals surface area contributed by atoms with Crippen molar-refractivity contribution < 1.29 is 19.0 Å². The van der Waals surface area contributed by atoms with Crippen LogP contribution in [0.1, 0.15) is 0 Å². The molecule has 0 spiro atoms. The van der Waals surface area contributed by atoms with Crippen molar-refractivity contribution in [2.24, 2.45) is 0 Å². The number of benzene rings is 2. The van der Waals surface area contributed by atoms with E-state index in [1.54, 1.807) is 25.3 Å². The Bertz CT molecular complexity index is 957. The van der Waals surface area contributed by atoms with Crippen molar-refractivity contribution in [3.63, 3.8) is 0 Å². The number of nitrogens with zero attached hydrogens (tertiary/aromatic N) is 1. The zero-order valence-electron chi connectivity index (χ0n) is 13.8. The van der Waals surface area contributed by atoms with Gasteiger partial charge in [-0.25, -0.2) is 9.78 Å². The minimum Gasteiger partial charge on any atom is -0.497 e. The number of thiazole rings is 1. The predicted molar refractivity (Wildman–Crippen MR) is 99.3 cm³/mol. The van der Waals surface area contributed by atoms with Crippen LogP contribution in [-0.2, 0) is 0 Å². The van der Waals surface area contributed by atoms with Crippen molar-refractivity contribution in [2.45, 2.75) is 0 Å². The summed E-state index contributed by atoms with van der Waals surface area (Å²) in [6, 6.07) is 12.4. The summed E-state index contributed by atoms with van der Waals surface area (Å²) in [5.74, 6) is 2.09. The number of amides is 2. The van der Waals surface area contributed by atoms with Gasteiger partial charge in [0.2, 0.25) is 6.79 Å². The fourth-order valence-electron chi connectivity index (χ4n) is 2.48. The van der Waals surface area contributed by atoms with Crippen LogP contribution in [0.2, 0.25) is 0 Å². The molecule has 2 N–H and O–H groups in total. The Morgan fingerprint density at radius 3 is 2.92 bits per heavy atom. The standard InChI is InChI=1S/C18H15N3O4S/c1-23-13-4-2-3-12(8-13)19-17(22)21-18-20-14(9-26-18)11-5-6-15-16(7-11)25-10-24-15/h2-9H,10H2,1H3,(H2,19,20,21,22). The molecule has 2 amide bonds. The lowest BCUT2D eigenvalue weighted by Crippen LogP contribution is -2.19. The number of aromatic nitrogens is 1. The largest absolute Gasteiger partial charge is 0.497 e. The third-order valence-corrected chi connectivity index (χ3v) is 4.48. The van der Waals surface area contributed by atoms with Gasteiger partial charge in [-0.15, -0.1) is 11.3 Å². The van der Waals surface area contributed by atoms with E-state index < -0.39 is 0 Å². The van der Waals surface area contributed by atoms with Crippen LogP contribution in [0.3, 0.4) is 0 Å². The summed E-state index contributed by atoms with van der Waals surface area (Å²) in [5.41, 5.74) is 2.28. The Morgan fingerprint density at radius 1 is 1.15 bits per heavy atom. The number of hydrogen-bond donors (Lipinski definition) is 2. The molecule has 0 atom stereocenters. The molecule has 0 fully saturated rings. The minimum atomic E-state index is -0.371. The summed E-state index contributed by atoms with van der Waals surface area (Å²) in [5, 5.41) is 7.85. The number of urea groups is 1. The number of ether oxygens (including phenoxy) is 3. The molecule has 2 heterocycles. The van der Waals surface area contributed by atoms with E-state index in [1.165, 1.54) is 11.3 Å². The highest BCUT2D eigenvalue weighted by Gasteiger charge is 2.15. The van der Waals surface area contributed by atoms with E-state index in [0.29, 0.717) is 22.3 Å². The summed E-state index contributed by atoms with van der Waals surface area (Å²) in [7, 11) is 1.58. The number of rotatable bonds is 4. The Kier molecular flexibility index (Phi) is 4.32. The van der Waals surface area contributed by atoms with Gasteiger partial charge in [-0.1, -0.05) is 6.07 Å². The van der Waals surface area contributed by atoms with Gasteiger partial charge >= 0.3 is 6.03 Å². The monoisotopic (exact) mass is 369 g/mol. The second kappa shape index (κ2) is 6.93. The van der Waals surface area contributed by atoms with Crippen LogP contribution in [0.4, 0.5) is 15.6 Å². The zero-order chi connectivity index (χ0) is 17.9. The first kappa shape index (κ1) is 16.2. The molecular weight excluding hydrogens is 354 g/mol. The lowest BCUT2D eigenvalue weighted by Gasteiger charge is -2.07. The van der Waals surface area contributed by atoms with Crippen molar-refractivity contribution >= 4 is 28.2 Å². The molecule has 1 aromatic heterocycles. The molecule has 0 saturated heterocycles. The number of anilines is 2. The highest BCUT2D eigenvalue weighted by molar-refractivity contribution is 7.14. The fraction of sp³-hybridized carbons (Fsp3) is 0.111. The van der Waals surface area contributed by atoms with Crippen LogP contribution in [0.25, 0.3) is 11.3 Å². The van der Waals surface area contributed by atoms with Crippen LogP contribution in [0.15, 0.2) is 47.8 Å². The number of carbonyl (C=O) groups excluding carboxylic acids is 1. The van der Waals surface area contributed by atoms with Gasteiger partial charge in [-0.3, -0.25) is 5.32 Å². The molecule has 0 radical (unpaired) electrons. The molecule has 132 valence electrons. The molecule has 0 saturated carbocycles. The van der Waals surface area contributed by atoms with Crippen LogP contribution in [0, 0.1) is 0 Å². The molecule has 0 aliphatic carbocycles. The Hall–Kier alpha value is -3.26. The maximum Gasteiger partial charge on any atom is 0.325 e. The highest BCUT2D eigenvalue weighted by atomic mass is 32.1. The Morgan fingerprint density at radius 2 is 2.04 bits per heavy atom. The van der Waals surface area contributed by atoms with Gasteiger partial charge < -0.3 is 19.5 Å². The third-order valence-electron chi connectivity index (χ3n) is 3.72. The van der Waals surface area contributed by atoms with Crippen molar-refractivity contribution in [1.29, 1.82) is 0 Å². The maximum atomic E-state index is 12.1. The topological polar surface area (TPSA) is 81.7 Å². The Labute approximate surface area is 153 Å². The van der Waals surface area contributed by atoms with Crippen molar-refractivity contribution in [3.05, 3.63) is 47.8 Å². The third kappa shape index (κ3) is 3.40. The lowest BCUT2D eigenvalue weighted by molar-refractivity contribution is 0.174. The summed E-state index contributed by atoms with van der Waals surface area (Å²) >= 11 is 1.34. The molecule has 4 rings (SSSR count). The lowest BCUT2D eigenvalue weighted by atomic mass is 10.1. The van der Waals surface area contributed by atoms with Gasteiger partial charge in [-0.05, 0) is 30.3 Å². The first-order valence-electron chi connectivity index (χ1n) is 7.79. The summed E-state index contributed by atoms with van der Waals surface area (Å²) in [6.07, 6.45) is 0. The number of hydrogen-bond acceptors (Lipinski definition) is 6. The average molecular weight is 369 g/mol. The smallest absolute Gasteiger partial charge is 0.325 e. The van der Waals surface area contributed by atoms with Crippen LogP contribution >= 0.6 is 11.3 Å². The average Bonchev–Trinajstić information content (AvgIpc) is 3.30. The minimum absolute atomic E-state index is 0.229. The van der Waals surface area contributed by atoms with E-state index >= 15 is 0 Å². The summed E-state index contributed by atoms with van der Waals surface area (Å²) in [4.78, 5) is 16.6. The van der Waals surface area contributed by atoms with Gasteiger partial charge in [0.05, 0.1) is 12.8 Å². The molecule has 1 aliphatic heterocycles. The first-order chi connectivity index (χ1) is 12.7. The SMILES string of the molecule is COc1cccc(NC(=O)Nc2nc(-c3ccc4c(c3)OCO4)cs2)c1. The molecule has 26 heavy (non-hydrogen) atoms. The second-order valence-corrected chi connectivity index (χ2v) is 6.28. The first-order valence-corrected chi connectivity index (χ1v) is 8.67. The number of carbonyl (C=O) groups is 1. The van der Waals surface area contributed by atoms with E-state index in [1.807, 2.05) is 29.6 Å². The number of fused-ring (bicyclic) bond motifs is 1. The highest BCUT2D eigenvalue weighted by Crippen LogP contribution is 2.36. The summed E-state index contributed by atoms with van der Waals surface area (Å²) in [6.45, 7) is 0.229. The molecule has 3 aromatic rings. The molecule has 8 heteroatoms. The molecule has 7 nitrogen and oxygen atoms in total. The summed E-state index contributed by atoms with van der Waals surface area (Å²) < 4.78 is 15.8. The van der Waals surface area contributed by atoms with Gasteiger partial charge in [0.15, 0.2) is 16.6 Å². The van der Waals surface area contributed by atoms with Crippen molar-refractivity contribution in [2.75, 3.05) is 24.5 Å². The fourth-order valence-corrected chi connectivity index (χ4v) is 3.19. The van der Waals surface area contributed by atoms with E-state index in [9.17, 15) is 4.79 Å². The van der Waals surface area contributed by atoms with Gasteiger partial charge in [0.1, 0.15) is 5.75 Å². The number of nitrogens with one attached hydrogen (secondary N) is 2. The van der Waals surface area contributed by atoms with E-state index in [2.05, 4.69) is 15.6 Å². The molecule has 0 bridgehead atoms. The second-order valence-electron chi connectivity index (χ2n) is 5.42. The molecular formula is C18H15N3O4S. The van der Waals surface area contributed by atoms with Crippen LogP contribution in [0.5, 0.6) is 17.2 Å². The van der Waals surface area contributed by atoms with E-state index in [-0.39, 0.29) is 12.8 Å². The predicted octanol–water partition coefficient (Wildman–Crippen LogP) is 4.19. The normalized spacial score (nSPS) is 11.9. The van der Waals surface area contributed by atoms with Gasteiger partial charge in [0, 0.05) is 22.7 Å². The number of methoxy groups -OCH3 is 1.